The largest absolute Gasteiger partial charge is 0.481 e. The average Bonchev–Trinajstić information content (AvgIpc) is 2.27. The molecule has 0 fully saturated rings. The van der Waals surface area contributed by atoms with Crippen molar-refractivity contribution in [2.45, 2.75) is 12.6 Å². The minimum absolute atomic E-state index is 0.0884. The van der Waals surface area contributed by atoms with E-state index in [1.54, 1.807) is 0 Å². The summed E-state index contributed by atoms with van der Waals surface area (Å²) in [6.07, 6.45) is -5.51. The summed E-state index contributed by atoms with van der Waals surface area (Å²) in [5.41, 5.74) is -2.59. The molecule has 0 bridgehead atoms. The van der Waals surface area contributed by atoms with Crippen molar-refractivity contribution < 1.29 is 27.5 Å². The molecule has 1 aromatic carbocycles. The quantitative estimate of drug-likeness (QED) is 0.833. The zero-order valence-corrected chi connectivity index (χ0v) is 9.71. The Hall–Kier alpha value is -2.38. The van der Waals surface area contributed by atoms with E-state index in [1.165, 1.54) is 0 Å². The van der Waals surface area contributed by atoms with Crippen LogP contribution in [0.5, 0.6) is 0 Å². The van der Waals surface area contributed by atoms with Gasteiger partial charge in [-0.3, -0.25) is 9.59 Å². The Labute approximate surface area is 108 Å². The number of rotatable bonds is 2. The Bertz CT molecular complexity index is 749. The van der Waals surface area contributed by atoms with Crippen LogP contribution in [0.15, 0.2) is 23.0 Å². The molecule has 1 heterocycles. The minimum Gasteiger partial charge on any atom is -0.481 e. The molecule has 0 unspecified atom stereocenters. The number of benzene rings is 1. The van der Waals surface area contributed by atoms with Gasteiger partial charge in [0.1, 0.15) is 5.82 Å². The van der Waals surface area contributed by atoms with E-state index < -0.39 is 35.5 Å². The van der Waals surface area contributed by atoms with Gasteiger partial charge in [0.05, 0.1) is 17.5 Å². The lowest BCUT2D eigenvalue weighted by Crippen LogP contribution is -2.16. The summed E-state index contributed by atoms with van der Waals surface area (Å²) < 4.78 is 51.0. The normalized spacial score (nSPS) is 11.8. The number of hydrogen-bond donors (Lipinski definition) is 2. The van der Waals surface area contributed by atoms with Gasteiger partial charge in [0, 0.05) is 5.56 Å². The van der Waals surface area contributed by atoms with Crippen LogP contribution in [0.4, 0.5) is 17.6 Å². The number of carboxylic acids is 1. The monoisotopic (exact) mass is 289 g/mol. The molecular weight excluding hydrogens is 282 g/mol. The molecule has 2 N–H and O–H groups in total. The Morgan fingerprint density at radius 2 is 1.90 bits per heavy atom. The van der Waals surface area contributed by atoms with Gasteiger partial charge in [-0.15, -0.1) is 0 Å². The van der Waals surface area contributed by atoms with Gasteiger partial charge < -0.3 is 10.1 Å². The van der Waals surface area contributed by atoms with Crippen LogP contribution in [-0.2, 0) is 17.4 Å². The van der Waals surface area contributed by atoms with Crippen molar-refractivity contribution in [1.82, 2.24) is 4.98 Å². The van der Waals surface area contributed by atoms with Gasteiger partial charge in [0.25, 0.3) is 5.56 Å². The SMILES string of the molecule is O=C(O)Cc1cc2cc(C(F)(F)F)c(F)cc2[nH]c1=O. The first-order valence-corrected chi connectivity index (χ1v) is 5.33. The van der Waals surface area contributed by atoms with Crippen molar-refractivity contribution >= 4 is 16.9 Å². The van der Waals surface area contributed by atoms with Crippen LogP contribution in [0.25, 0.3) is 10.9 Å². The van der Waals surface area contributed by atoms with E-state index in [0.717, 1.165) is 6.07 Å². The molecular formula is C12H7F4NO3. The summed E-state index contributed by atoms with van der Waals surface area (Å²) in [6.45, 7) is 0. The van der Waals surface area contributed by atoms with E-state index >= 15 is 0 Å². The summed E-state index contributed by atoms with van der Waals surface area (Å²) in [5.74, 6) is -2.81. The van der Waals surface area contributed by atoms with Gasteiger partial charge in [-0.25, -0.2) is 4.39 Å². The number of carboxylic acid groups (broad SMARTS) is 1. The van der Waals surface area contributed by atoms with Crippen molar-refractivity contribution in [1.29, 1.82) is 0 Å². The molecule has 0 saturated heterocycles. The molecule has 0 radical (unpaired) electrons. The van der Waals surface area contributed by atoms with Gasteiger partial charge in [0.15, 0.2) is 0 Å². The number of alkyl halides is 3. The van der Waals surface area contributed by atoms with Crippen molar-refractivity contribution in [3.05, 3.63) is 45.5 Å². The van der Waals surface area contributed by atoms with E-state index in [2.05, 4.69) is 4.98 Å². The number of aromatic nitrogens is 1. The summed E-state index contributed by atoms with van der Waals surface area (Å²) in [5, 5.41) is 8.51. The number of fused-ring (bicyclic) bond motifs is 1. The molecule has 20 heavy (non-hydrogen) atoms. The van der Waals surface area contributed by atoms with E-state index in [1.807, 2.05) is 0 Å². The molecule has 106 valence electrons. The van der Waals surface area contributed by atoms with Gasteiger partial charge in [-0.2, -0.15) is 13.2 Å². The minimum atomic E-state index is -4.87. The molecule has 2 aromatic rings. The molecule has 0 atom stereocenters. The van der Waals surface area contributed by atoms with Gasteiger partial charge >= 0.3 is 12.1 Å². The summed E-state index contributed by atoms with van der Waals surface area (Å²) >= 11 is 0. The fourth-order valence-electron chi connectivity index (χ4n) is 1.78. The Morgan fingerprint density at radius 1 is 1.25 bits per heavy atom. The predicted molar refractivity (Wildman–Crippen MR) is 60.9 cm³/mol. The Balaban J connectivity index is 2.69. The second kappa shape index (κ2) is 4.62. The van der Waals surface area contributed by atoms with Crippen LogP contribution < -0.4 is 5.56 Å². The maximum Gasteiger partial charge on any atom is 0.419 e. The van der Waals surface area contributed by atoms with Crippen LogP contribution in [0.3, 0.4) is 0 Å². The second-order valence-corrected chi connectivity index (χ2v) is 4.11. The van der Waals surface area contributed by atoms with E-state index in [4.69, 9.17) is 5.11 Å². The Morgan fingerprint density at radius 3 is 2.45 bits per heavy atom. The van der Waals surface area contributed by atoms with Crippen molar-refractivity contribution in [2.75, 3.05) is 0 Å². The first-order chi connectivity index (χ1) is 9.18. The summed E-state index contributed by atoms with van der Waals surface area (Å²) in [4.78, 5) is 24.2. The smallest absolute Gasteiger partial charge is 0.419 e. The predicted octanol–water partition coefficient (Wildman–Crippen LogP) is 2.31. The highest BCUT2D eigenvalue weighted by molar-refractivity contribution is 5.81. The van der Waals surface area contributed by atoms with E-state index in [0.29, 0.717) is 12.1 Å². The van der Waals surface area contributed by atoms with E-state index in [-0.39, 0.29) is 16.5 Å². The lowest BCUT2D eigenvalue weighted by atomic mass is 10.1. The highest BCUT2D eigenvalue weighted by atomic mass is 19.4. The maximum atomic E-state index is 13.3. The standard InChI is InChI=1S/C12H7F4NO3/c13-8-4-9-5(2-7(8)12(14,15)16)1-6(3-10(18)19)11(20)17-9/h1-2,4H,3H2,(H,17,20)(H,18,19). The van der Waals surface area contributed by atoms with Crippen LogP contribution in [-0.4, -0.2) is 16.1 Å². The van der Waals surface area contributed by atoms with Gasteiger partial charge in [0.2, 0.25) is 0 Å². The van der Waals surface area contributed by atoms with Gasteiger partial charge in [-0.05, 0) is 23.6 Å². The lowest BCUT2D eigenvalue weighted by molar-refractivity contribution is -0.140. The molecule has 0 spiro atoms. The van der Waals surface area contributed by atoms with Crippen LogP contribution in [0, 0.1) is 5.82 Å². The van der Waals surface area contributed by atoms with Crippen molar-refractivity contribution in [3.8, 4) is 0 Å². The molecule has 0 amide bonds. The first kappa shape index (κ1) is 14.0. The zero-order valence-electron chi connectivity index (χ0n) is 9.71. The van der Waals surface area contributed by atoms with Crippen LogP contribution in [0.2, 0.25) is 0 Å². The molecule has 0 aliphatic rings. The molecule has 4 nitrogen and oxygen atoms in total. The second-order valence-electron chi connectivity index (χ2n) is 4.11. The fraction of sp³-hybridized carbons (Fsp3) is 0.167. The number of nitrogens with one attached hydrogen (secondary N) is 1. The molecule has 0 aliphatic carbocycles. The topological polar surface area (TPSA) is 70.2 Å². The number of hydrogen-bond acceptors (Lipinski definition) is 2. The fourth-order valence-corrected chi connectivity index (χ4v) is 1.78. The van der Waals surface area contributed by atoms with Crippen LogP contribution >= 0.6 is 0 Å². The Kier molecular flexibility index (Phi) is 3.24. The molecule has 8 heteroatoms. The highest BCUT2D eigenvalue weighted by Crippen LogP contribution is 2.33. The molecule has 1 aromatic heterocycles. The lowest BCUT2D eigenvalue weighted by Gasteiger charge is -2.09. The third-order valence-electron chi connectivity index (χ3n) is 2.66. The van der Waals surface area contributed by atoms with Crippen molar-refractivity contribution in [3.63, 3.8) is 0 Å². The third-order valence-corrected chi connectivity index (χ3v) is 2.66. The maximum absolute atomic E-state index is 13.3. The highest BCUT2D eigenvalue weighted by Gasteiger charge is 2.34. The van der Waals surface area contributed by atoms with Crippen molar-refractivity contribution in [2.24, 2.45) is 0 Å². The number of carbonyl (C=O) groups is 1. The number of halogens is 4. The number of aromatic amines is 1. The zero-order chi connectivity index (χ0) is 15.1. The molecule has 0 saturated carbocycles. The van der Waals surface area contributed by atoms with E-state index in [9.17, 15) is 27.2 Å². The number of aliphatic carboxylic acids is 1. The molecule has 2 rings (SSSR count). The van der Waals surface area contributed by atoms with Crippen LogP contribution in [0.1, 0.15) is 11.1 Å². The molecule has 0 aliphatic heterocycles. The first-order valence-electron chi connectivity index (χ1n) is 5.33. The average molecular weight is 289 g/mol. The summed E-state index contributed by atoms with van der Waals surface area (Å²) in [6, 6.07) is 2.10. The number of H-pyrrole nitrogens is 1. The summed E-state index contributed by atoms with van der Waals surface area (Å²) in [7, 11) is 0. The third kappa shape index (κ3) is 2.63. The number of pyridine rings is 1. The van der Waals surface area contributed by atoms with Gasteiger partial charge in [-0.1, -0.05) is 0 Å².